The molecule has 0 saturated carbocycles. The van der Waals surface area contributed by atoms with Crippen LogP contribution in [0, 0.1) is 0 Å². The van der Waals surface area contributed by atoms with Crippen molar-refractivity contribution < 1.29 is 14.2 Å². The minimum absolute atomic E-state index is 0.0703. The van der Waals surface area contributed by atoms with Crippen LogP contribution in [0.4, 0.5) is 5.95 Å². The predicted molar refractivity (Wildman–Crippen MR) is 314 cm³/mol. The highest BCUT2D eigenvalue weighted by atomic mass is 16.6. The number of rotatable bonds is 56. The van der Waals surface area contributed by atoms with E-state index in [-0.39, 0.29) is 24.0 Å². The van der Waals surface area contributed by atoms with Crippen molar-refractivity contribution >= 4 is 17.1 Å². The van der Waals surface area contributed by atoms with Crippen LogP contribution < -0.4 is 10.9 Å². The Morgan fingerprint density at radius 1 is 0.507 bits per heavy atom. The highest BCUT2D eigenvalue weighted by Crippen LogP contribution is 2.33. The Morgan fingerprint density at radius 3 is 1.26 bits per heavy atom. The molecule has 1 aliphatic heterocycles. The number of aromatic nitrogens is 4. The number of H-pyrrole nitrogens is 1. The average Bonchev–Trinajstić information content (AvgIpc) is 4.02. The molecule has 2 aromatic rings. The van der Waals surface area contributed by atoms with Crippen LogP contribution in [0.25, 0.3) is 11.2 Å². The van der Waals surface area contributed by atoms with Crippen molar-refractivity contribution in [1.29, 1.82) is 0 Å². The molecule has 0 aromatic carbocycles. The van der Waals surface area contributed by atoms with E-state index < -0.39 is 0 Å². The first-order chi connectivity index (χ1) is 36.2. The molecule has 0 radical (unpaired) electrons. The summed E-state index contributed by atoms with van der Waals surface area (Å²) in [6, 6.07) is 0. The van der Waals surface area contributed by atoms with Crippen molar-refractivity contribution in [2.24, 2.45) is 0 Å². The van der Waals surface area contributed by atoms with Crippen molar-refractivity contribution in [2.75, 3.05) is 31.7 Å². The summed E-state index contributed by atoms with van der Waals surface area (Å²) in [5.41, 5.74) is 0.700. The van der Waals surface area contributed by atoms with Crippen molar-refractivity contribution in [1.82, 2.24) is 19.5 Å². The Hall–Kier alpha value is -1.97. The first-order valence-electron chi connectivity index (χ1n) is 32.7. The molecule has 73 heavy (non-hydrogen) atoms. The van der Waals surface area contributed by atoms with E-state index in [0.717, 1.165) is 39.0 Å². The number of hydrogen-bond acceptors (Lipinski definition) is 7. The van der Waals surface area contributed by atoms with E-state index in [9.17, 15) is 4.79 Å². The van der Waals surface area contributed by atoms with E-state index >= 15 is 0 Å². The lowest BCUT2D eigenvalue weighted by molar-refractivity contribution is -0.0764. The van der Waals surface area contributed by atoms with E-state index in [1.807, 2.05) is 4.57 Å². The predicted octanol–water partition coefficient (Wildman–Crippen LogP) is 20.0. The van der Waals surface area contributed by atoms with Crippen LogP contribution >= 0.6 is 0 Å². The second-order valence-corrected chi connectivity index (χ2v) is 22.9. The van der Waals surface area contributed by atoms with Gasteiger partial charge in [-0.15, -0.1) is 0 Å². The Bertz CT molecular complexity index is 1530. The van der Waals surface area contributed by atoms with Crippen LogP contribution in [0.5, 0.6) is 0 Å². The van der Waals surface area contributed by atoms with Gasteiger partial charge in [-0.2, -0.15) is 4.98 Å². The molecular formula is C64H121N5O4. The van der Waals surface area contributed by atoms with Gasteiger partial charge < -0.3 is 19.5 Å². The Morgan fingerprint density at radius 2 is 0.863 bits per heavy atom. The molecule has 9 heteroatoms. The highest BCUT2D eigenvalue weighted by Gasteiger charge is 2.38. The van der Waals surface area contributed by atoms with Crippen LogP contribution in [-0.4, -0.2) is 58.1 Å². The summed E-state index contributed by atoms with van der Waals surface area (Å²) >= 11 is 0. The lowest BCUT2D eigenvalue weighted by Gasteiger charge is -2.19. The van der Waals surface area contributed by atoms with E-state index in [1.165, 1.54) is 289 Å². The normalized spacial score (nSPS) is 15.9. The number of anilines is 1. The molecule has 1 fully saturated rings. The number of nitrogens with one attached hydrogen (secondary N) is 2. The Labute approximate surface area is 451 Å². The molecule has 1 aliphatic rings. The first-order valence-corrected chi connectivity index (χ1v) is 32.7. The molecule has 3 rings (SSSR count). The monoisotopic (exact) mass is 1020 g/mol. The molecule has 0 bridgehead atoms. The maximum atomic E-state index is 13.2. The summed E-state index contributed by atoms with van der Waals surface area (Å²) < 4.78 is 21.6. The molecule has 2 aromatic heterocycles. The van der Waals surface area contributed by atoms with Gasteiger partial charge in [0, 0.05) is 26.2 Å². The highest BCUT2D eigenvalue weighted by molar-refractivity contribution is 5.70. The Balaban J connectivity index is 1.34. The van der Waals surface area contributed by atoms with Gasteiger partial charge in [0.15, 0.2) is 11.2 Å². The zero-order chi connectivity index (χ0) is 51.8. The smallest absolute Gasteiger partial charge is 0.280 e. The maximum absolute atomic E-state index is 13.2. The van der Waals surface area contributed by atoms with Crippen molar-refractivity contribution in [2.45, 2.75) is 354 Å². The molecule has 9 nitrogen and oxygen atoms in total. The number of unbranched alkanes of at least 4 members (excludes halogenated alkanes) is 45. The number of aromatic amines is 1. The summed E-state index contributed by atoms with van der Waals surface area (Å²) in [4.78, 5) is 25.6. The number of hydrogen-bond donors (Lipinski definition) is 2. The maximum Gasteiger partial charge on any atom is 0.280 e. The molecular weight excluding hydrogens is 903 g/mol. The van der Waals surface area contributed by atoms with Crippen LogP contribution in [0.3, 0.4) is 0 Å². The van der Waals surface area contributed by atoms with E-state index in [4.69, 9.17) is 19.2 Å². The van der Waals surface area contributed by atoms with Crippen LogP contribution in [0.2, 0.25) is 0 Å². The van der Waals surface area contributed by atoms with Gasteiger partial charge in [0.05, 0.1) is 19.0 Å². The van der Waals surface area contributed by atoms with E-state index in [0.29, 0.717) is 30.1 Å². The van der Waals surface area contributed by atoms with Gasteiger partial charge in [0.2, 0.25) is 5.95 Å². The van der Waals surface area contributed by atoms with Crippen LogP contribution in [0.15, 0.2) is 11.1 Å². The van der Waals surface area contributed by atoms with Gasteiger partial charge >= 0.3 is 0 Å². The summed E-state index contributed by atoms with van der Waals surface area (Å²) in [6.07, 6.45) is 67.2. The fourth-order valence-electron chi connectivity index (χ4n) is 11.1. The van der Waals surface area contributed by atoms with E-state index in [1.54, 1.807) is 6.33 Å². The zero-order valence-electron chi connectivity index (χ0n) is 48.8. The van der Waals surface area contributed by atoms with Gasteiger partial charge in [-0.25, -0.2) is 4.98 Å². The fraction of sp³-hybridized carbons (Fsp3) is 0.922. The minimum Gasteiger partial charge on any atom is -0.379 e. The second kappa shape index (κ2) is 48.4. The third-order valence-corrected chi connectivity index (χ3v) is 16.0. The van der Waals surface area contributed by atoms with Gasteiger partial charge in [-0.3, -0.25) is 14.3 Å². The molecule has 0 aliphatic carbocycles. The van der Waals surface area contributed by atoms with Crippen molar-refractivity contribution in [3.05, 3.63) is 16.7 Å². The molecule has 0 spiro atoms. The largest absolute Gasteiger partial charge is 0.379 e. The van der Waals surface area contributed by atoms with Crippen molar-refractivity contribution in [3.8, 4) is 0 Å². The molecule has 3 atom stereocenters. The van der Waals surface area contributed by atoms with Crippen LogP contribution in [0.1, 0.15) is 342 Å². The molecule has 1 saturated heterocycles. The first kappa shape index (κ1) is 65.3. The average molecular weight is 1020 g/mol. The van der Waals surface area contributed by atoms with Crippen LogP contribution in [-0.2, 0) is 14.2 Å². The lowest BCUT2D eigenvalue weighted by atomic mass is 10.0. The summed E-state index contributed by atoms with van der Waals surface area (Å²) in [6.45, 7) is 9.70. The van der Waals surface area contributed by atoms with Gasteiger partial charge in [-0.05, 0) is 19.3 Å². The SMILES string of the molecule is CCCCCCCCCCCCCCCCCCNc1nc2c(ncn2[C@H]2C[C@H](OCCCCCCCCCCCCCCCCCC)[C@@H](COCCCCCCCCCCCCCCCCCC)O2)c(=O)[nH]1. The second-order valence-electron chi connectivity index (χ2n) is 22.9. The van der Waals surface area contributed by atoms with E-state index in [2.05, 4.69) is 36.1 Å². The molecule has 0 amide bonds. The standard InChI is InChI=1S/C64H121N5O4/c1-4-7-10-13-16-19-22-25-28-31-34-37-40-43-46-49-52-65-64-67-62-61(63(70)68-64)66-57-69(62)60-55-58(72-54-51-48-45-42-39-36-33-30-27-24-21-18-15-12-9-6-3)59(73-60)56-71-53-50-47-44-41-38-35-32-29-26-23-20-17-14-11-8-5-2/h57-60H,4-56H2,1-3H3,(H2,65,67,68,70)/t58-,59+,60+/m0/s1. The summed E-state index contributed by atoms with van der Waals surface area (Å²) in [5.74, 6) is 0.508. The van der Waals surface area contributed by atoms with Gasteiger partial charge in [0.25, 0.3) is 5.56 Å². The number of fused-ring (bicyclic) bond motifs is 1. The Kier molecular flexibility index (Phi) is 43.3. The quantitative estimate of drug-likeness (QED) is 0.0636. The number of ether oxygens (including phenoxy) is 3. The third kappa shape index (κ3) is 34.4. The summed E-state index contributed by atoms with van der Waals surface area (Å²) in [5, 5.41) is 3.41. The molecule has 426 valence electrons. The van der Waals surface area contributed by atoms with Gasteiger partial charge in [0.1, 0.15) is 12.3 Å². The topological polar surface area (TPSA) is 103 Å². The molecule has 3 heterocycles. The van der Waals surface area contributed by atoms with Crippen molar-refractivity contribution in [3.63, 3.8) is 0 Å². The minimum atomic E-state index is -0.313. The third-order valence-electron chi connectivity index (χ3n) is 16.0. The summed E-state index contributed by atoms with van der Waals surface area (Å²) in [7, 11) is 0. The van der Waals surface area contributed by atoms with Gasteiger partial charge in [-0.1, -0.05) is 310 Å². The number of imidazole rings is 1. The fourth-order valence-corrected chi connectivity index (χ4v) is 11.1. The zero-order valence-corrected chi connectivity index (χ0v) is 48.8. The molecule has 0 unspecified atom stereocenters. The number of nitrogens with zero attached hydrogens (tertiary/aromatic N) is 3. The molecule has 2 N–H and O–H groups in total. The lowest BCUT2D eigenvalue weighted by Crippen LogP contribution is -2.29.